The molecule has 4 heterocycles. The van der Waals surface area contributed by atoms with Crippen LogP contribution in [0.3, 0.4) is 0 Å². The second-order valence-electron chi connectivity index (χ2n) is 15.3. The summed E-state index contributed by atoms with van der Waals surface area (Å²) in [5, 5.41) is 9.91. The lowest BCUT2D eigenvalue weighted by Crippen LogP contribution is -2.04. The van der Waals surface area contributed by atoms with Crippen LogP contribution in [0.25, 0.3) is 110 Å². The van der Waals surface area contributed by atoms with Gasteiger partial charge in [-0.15, -0.1) is 0 Å². The third-order valence-corrected chi connectivity index (χ3v) is 12.3. The summed E-state index contributed by atoms with van der Waals surface area (Å²) < 4.78 is 9.88. The molecule has 4 heteroatoms. The van der Waals surface area contributed by atoms with Gasteiger partial charge in [-0.3, -0.25) is 0 Å². The molecule has 0 N–H and O–H groups in total. The van der Waals surface area contributed by atoms with E-state index in [0.717, 1.165) is 22.7 Å². The van der Waals surface area contributed by atoms with Gasteiger partial charge in [0.1, 0.15) is 0 Å². The van der Waals surface area contributed by atoms with Crippen LogP contribution in [0, 0.1) is 0 Å². The maximum Gasteiger partial charge on any atom is 0.0782 e. The Balaban J connectivity index is 1.21. The van der Waals surface area contributed by atoms with Crippen LogP contribution in [-0.2, 0) is 0 Å². The summed E-state index contributed by atoms with van der Waals surface area (Å²) in [7, 11) is 0. The van der Waals surface area contributed by atoms with Crippen molar-refractivity contribution in [3.63, 3.8) is 0 Å². The van der Waals surface area contributed by atoms with Crippen LogP contribution in [0.4, 0.5) is 0 Å². The van der Waals surface area contributed by atoms with E-state index in [1.165, 1.54) is 87.2 Å². The Hall–Kier alpha value is -7.82. The Labute approximate surface area is 333 Å². The van der Waals surface area contributed by atoms with E-state index >= 15 is 0 Å². The highest BCUT2D eigenvalue weighted by Gasteiger charge is 2.22. The van der Waals surface area contributed by atoms with Gasteiger partial charge in [-0.25, -0.2) is 0 Å². The second kappa shape index (κ2) is 11.8. The molecular weight excluding hydrogens is 705 g/mol. The van der Waals surface area contributed by atoms with Crippen LogP contribution in [-0.4, -0.2) is 18.3 Å². The third-order valence-electron chi connectivity index (χ3n) is 12.3. The van der Waals surface area contributed by atoms with Gasteiger partial charge in [0.05, 0.1) is 66.9 Å². The van der Waals surface area contributed by atoms with E-state index in [0.29, 0.717) is 0 Å². The minimum atomic E-state index is 1.09. The Morgan fingerprint density at radius 1 is 0.207 bits per heavy atom. The molecule has 0 radical (unpaired) electrons. The molecule has 0 saturated carbocycles. The van der Waals surface area contributed by atoms with Gasteiger partial charge >= 0.3 is 0 Å². The van der Waals surface area contributed by atoms with E-state index in [1.54, 1.807) is 0 Å². The fourth-order valence-electron chi connectivity index (χ4n) is 10.00. The highest BCUT2D eigenvalue weighted by Crippen LogP contribution is 2.42. The SMILES string of the molecule is c1ccc2c(c1)c1ccccc1n2-c1cc(-n2c3ccccc3c3ccccc32)cc(-n2c3ccccc3c3cccc(-n4c5ccccc5c5ccccc54)c32)c1. The van der Waals surface area contributed by atoms with Crippen LogP contribution in [0.1, 0.15) is 0 Å². The molecule has 0 aliphatic heterocycles. The quantitative estimate of drug-likeness (QED) is 0.171. The summed E-state index contributed by atoms with van der Waals surface area (Å²) in [6.07, 6.45) is 0. The van der Waals surface area contributed by atoms with Gasteiger partial charge in [-0.1, -0.05) is 140 Å². The molecule has 0 aliphatic rings. The summed E-state index contributed by atoms with van der Waals surface area (Å²) in [5.74, 6) is 0. The van der Waals surface area contributed by atoms with Crippen molar-refractivity contribution in [2.24, 2.45) is 0 Å². The fourth-order valence-corrected chi connectivity index (χ4v) is 10.00. The first-order valence-electron chi connectivity index (χ1n) is 20.0. The Morgan fingerprint density at radius 2 is 0.466 bits per heavy atom. The molecule has 0 unspecified atom stereocenters. The Morgan fingerprint density at radius 3 is 0.828 bits per heavy atom. The molecule has 13 aromatic rings. The summed E-state index contributed by atoms with van der Waals surface area (Å²) in [4.78, 5) is 0. The van der Waals surface area contributed by atoms with Gasteiger partial charge in [-0.2, -0.15) is 0 Å². The van der Waals surface area contributed by atoms with E-state index in [-0.39, 0.29) is 0 Å². The topological polar surface area (TPSA) is 19.7 Å². The van der Waals surface area contributed by atoms with E-state index in [4.69, 9.17) is 0 Å². The monoisotopic (exact) mass is 738 g/mol. The van der Waals surface area contributed by atoms with Crippen molar-refractivity contribution < 1.29 is 0 Å². The Bertz CT molecular complexity index is 3520. The molecule has 0 aliphatic carbocycles. The Kier molecular flexibility index (Phi) is 6.41. The van der Waals surface area contributed by atoms with Crippen molar-refractivity contribution in [2.45, 2.75) is 0 Å². The highest BCUT2D eigenvalue weighted by atomic mass is 15.1. The van der Waals surface area contributed by atoms with E-state index in [1.807, 2.05) is 0 Å². The largest absolute Gasteiger partial charge is 0.309 e. The van der Waals surface area contributed by atoms with Gasteiger partial charge in [-0.05, 0) is 66.7 Å². The standard InChI is InChI=1S/C54H34N4/c1-8-24-46-38(16-1)39-17-2-9-25-47(39)55(46)35-32-36(56-48-26-10-3-18-40(48)41-19-4-11-27-49(41)56)34-37(33-35)57-50-28-12-7-22-44(50)45-23-15-31-53(54(45)57)58-51-29-13-5-20-42(51)43-21-6-14-30-52(43)58/h1-34H. The average Bonchev–Trinajstić information content (AvgIpc) is 4.02. The van der Waals surface area contributed by atoms with Crippen molar-refractivity contribution in [2.75, 3.05) is 0 Å². The molecule has 0 fully saturated rings. The summed E-state index contributed by atoms with van der Waals surface area (Å²) in [5.41, 5.74) is 13.9. The van der Waals surface area contributed by atoms with Crippen LogP contribution >= 0.6 is 0 Å². The number of nitrogens with zero attached hydrogens (tertiary/aromatic N) is 4. The molecule has 58 heavy (non-hydrogen) atoms. The minimum Gasteiger partial charge on any atom is -0.309 e. The second-order valence-corrected chi connectivity index (χ2v) is 15.3. The van der Waals surface area contributed by atoms with Crippen LogP contribution < -0.4 is 0 Å². The first kappa shape index (κ1) is 31.4. The zero-order valence-electron chi connectivity index (χ0n) is 31.4. The third kappa shape index (κ3) is 4.23. The van der Waals surface area contributed by atoms with Crippen LogP contribution in [0.15, 0.2) is 206 Å². The van der Waals surface area contributed by atoms with Gasteiger partial charge in [0.25, 0.3) is 0 Å². The molecule has 0 amide bonds. The van der Waals surface area contributed by atoms with E-state index in [9.17, 15) is 0 Å². The van der Waals surface area contributed by atoms with Crippen molar-refractivity contribution in [1.29, 1.82) is 0 Å². The number of hydrogen-bond donors (Lipinski definition) is 0. The highest BCUT2D eigenvalue weighted by molar-refractivity contribution is 6.16. The maximum absolute atomic E-state index is 2.51. The summed E-state index contributed by atoms with van der Waals surface area (Å²) >= 11 is 0. The van der Waals surface area contributed by atoms with E-state index < -0.39 is 0 Å². The van der Waals surface area contributed by atoms with Crippen molar-refractivity contribution in [3.8, 4) is 22.7 Å². The van der Waals surface area contributed by atoms with Crippen LogP contribution in [0.5, 0.6) is 0 Å². The van der Waals surface area contributed by atoms with E-state index in [2.05, 4.69) is 225 Å². The average molecular weight is 739 g/mol. The number of hydrogen-bond acceptors (Lipinski definition) is 0. The van der Waals surface area contributed by atoms with Gasteiger partial charge < -0.3 is 18.3 Å². The molecule has 270 valence electrons. The molecule has 9 aromatic carbocycles. The molecule has 0 saturated heterocycles. The molecule has 4 aromatic heterocycles. The molecule has 13 rings (SSSR count). The summed E-state index contributed by atoms with van der Waals surface area (Å²) in [6.45, 7) is 0. The number of fused-ring (bicyclic) bond motifs is 12. The first-order chi connectivity index (χ1) is 28.8. The van der Waals surface area contributed by atoms with Crippen molar-refractivity contribution in [1.82, 2.24) is 18.3 Å². The number of aromatic nitrogens is 4. The smallest absolute Gasteiger partial charge is 0.0782 e. The summed E-state index contributed by atoms with van der Waals surface area (Å²) in [6, 6.07) is 75.6. The zero-order valence-corrected chi connectivity index (χ0v) is 31.4. The first-order valence-corrected chi connectivity index (χ1v) is 20.0. The normalized spacial score (nSPS) is 12.1. The zero-order chi connectivity index (χ0) is 37.9. The molecule has 0 atom stereocenters. The molecule has 0 bridgehead atoms. The van der Waals surface area contributed by atoms with Crippen LogP contribution in [0.2, 0.25) is 0 Å². The van der Waals surface area contributed by atoms with Gasteiger partial charge in [0.15, 0.2) is 0 Å². The molecular formula is C54H34N4. The number of para-hydroxylation sites is 8. The van der Waals surface area contributed by atoms with Gasteiger partial charge in [0.2, 0.25) is 0 Å². The predicted molar refractivity (Wildman–Crippen MR) is 244 cm³/mol. The minimum absolute atomic E-state index is 1.09. The predicted octanol–water partition coefficient (Wildman–Crippen LogP) is 14.1. The lowest BCUT2D eigenvalue weighted by atomic mass is 10.1. The van der Waals surface area contributed by atoms with Crippen molar-refractivity contribution in [3.05, 3.63) is 206 Å². The van der Waals surface area contributed by atoms with Gasteiger partial charge in [0, 0.05) is 43.1 Å². The lowest BCUT2D eigenvalue weighted by molar-refractivity contribution is 1.09. The fraction of sp³-hybridized carbons (Fsp3) is 0. The number of benzene rings is 9. The van der Waals surface area contributed by atoms with Crippen molar-refractivity contribution >= 4 is 87.2 Å². The maximum atomic E-state index is 2.51. The molecule has 4 nitrogen and oxygen atoms in total. The molecule has 0 spiro atoms. The lowest BCUT2D eigenvalue weighted by Gasteiger charge is -2.18. The number of rotatable bonds is 4.